The van der Waals surface area contributed by atoms with Crippen LogP contribution in [0.15, 0.2) is 36.4 Å². The van der Waals surface area contributed by atoms with Crippen molar-refractivity contribution < 1.29 is 39.5 Å². The third-order valence-electron chi connectivity index (χ3n) is 4.14. The molecule has 1 aromatic carbocycles. The average Bonchev–Trinajstić information content (AvgIpc) is 2.62. The molecule has 0 bridgehead atoms. The van der Waals surface area contributed by atoms with Gasteiger partial charge in [0.1, 0.15) is 5.69 Å². The van der Waals surface area contributed by atoms with Gasteiger partial charge < -0.3 is 5.32 Å². The summed E-state index contributed by atoms with van der Waals surface area (Å²) in [6.45, 7) is 0.0141. The number of nitrogens with one attached hydrogen (secondary N) is 1. The largest absolute Gasteiger partial charge is 0.433 e. The number of benzene rings is 1. The number of aromatic nitrogens is 1. The lowest BCUT2D eigenvalue weighted by Crippen LogP contribution is -2.22. The van der Waals surface area contributed by atoms with Crippen LogP contribution in [-0.2, 0) is 18.8 Å². The molecule has 0 unspecified atom stereocenters. The number of alkyl halides is 9. The van der Waals surface area contributed by atoms with Crippen LogP contribution in [-0.4, -0.2) is 24.2 Å². The van der Waals surface area contributed by atoms with Crippen molar-refractivity contribution in [1.82, 2.24) is 10.3 Å². The quantitative estimate of drug-likeness (QED) is 0.403. The summed E-state index contributed by atoms with van der Waals surface area (Å²) < 4.78 is 114. The molecule has 11 heteroatoms. The minimum atomic E-state index is -4.80. The molecule has 1 aromatic heterocycles. The zero-order chi connectivity index (χ0) is 22.6. The predicted octanol–water partition coefficient (Wildman–Crippen LogP) is 6.26. The molecule has 0 radical (unpaired) electrons. The standard InChI is InChI=1S/C19H17F9N2/c20-17(21,22)9-1-10-29-11-8-13-4-7-15(30-16(13)19(26,27)28)12-2-5-14(6-3-12)18(23,24)25/h2-7,29H,1,8-11H2. The highest BCUT2D eigenvalue weighted by molar-refractivity contribution is 5.60. The van der Waals surface area contributed by atoms with Gasteiger partial charge in [-0.1, -0.05) is 18.2 Å². The van der Waals surface area contributed by atoms with Gasteiger partial charge >= 0.3 is 18.5 Å². The summed E-state index contributed by atoms with van der Waals surface area (Å²) in [5.74, 6) is 0. The molecule has 0 spiro atoms. The van der Waals surface area contributed by atoms with Crippen molar-refractivity contribution in [3.05, 3.63) is 53.2 Å². The summed E-state index contributed by atoms with van der Waals surface area (Å²) >= 11 is 0. The number of hydrogen-bond donors (Lipinski definition) is 1. The summed E-state index contributed by atoms with van der Waals surface area (Å²) in [5.41, 5.74) is -2.34. The number of hydrogen-bond acceptors (Lipinski definition) is 2. The lowest BCUT2D eigenvalue weighted by Gasteiger charge is -2.14. The van der Waals surface area contributed by atoms with Gasteiger partial charge in [0.05, 0.1) is 11.3 Å². The fourth-order valence-corrected chi connectivity index (χ4v) is 2.69. The summed E-state index contributed by atoms with van der Waals surface area (Å²) in [5, 5.41) is 2.65. The van der Waals surface area contributed by atoms with Crippen LogP contribution in [0.2, 0.25) is 0 Å². The number of nitrogens with zero attached hydrogens (tertiary/aromatic N) is 1. The van der Waals surface area contributed by atoms with Gasteiger partial charge in [-0.3, -0.25) is 0 Å². The van der Waals surface area contributed by atoms with E-state index in [1.54, 1.807) is 0 Å². The molecule has 2 nitrogen and oxygen atoms in total. The normalized spacial score (nSPS) is 13.0. The Morgan fingerprint density at radius 1 is 0.733 bits per heavy atom. The van der Waals surface area contributed by atoms with Crippen LogP contribution >= 0.6 is 0 Å². The SMILES string of the molecule is FC(F)(F)CCCNCCc1ccc(-c2ccc(C(F)(F)F)cc2)nc1C(F)(F)F. The van der Waals surface area contributed by atoms with Crippen LogP contribution in [0.25, 0.3) is 11.3 Å². The minimum Gasteiger partial charge on any atom is -0.316 e. The highest BCUT2D eigenvalue weighted by Crippen LogP contribution is 2.34. The molecule has 2 rings (SSSR count). The Hall–Kier alpha value is -2.30. The maximum absolute atomic E-state index is 13.4. The van der Waals surface area contributed by atoms with Crippen molar-refractivity contribution in [2.24, 2.45) is 0 Å². The average molecular weight is 444 g/mol. The van der Waals surface area contributed by atoms with E-state index >= 15 is 0 Å². The molecule has 0 aliphatic heterocycles. The molecule has 30 heavy (non-hydrogen) atoms. The molecule has 1 heterocycles. The zero-order valence-electron chi connectivity index (χ0n) is 15.3. The van der Waals surface area contributed by atoms with Gasteiger partial charge in [-0.2, -0.15) is 39.5 Å². The number of halogens is 9. The predicted molar refractivity (Wildman–Crippen MR) is 91.5 cm³/mol. The fourth-order valence-electron chi connectivity index (χ4n) is 2.69. The molecular weight excluding hydrogens is 427 g/mol. The van der Waals surface area contributed by atoms with Crippen LogP contribution < -0.4 is 5.32 Å². The monoisotopic (exact) mass is 444 g/mol. The Kier molecular flexibility index (Phi) is 7.38. The second kappa shape index (κ2) is 9.23. The smallest absolute Gasteiger partial charge is 0.316 e. The maximum Gasteiger partial charge on any atom is 0.433 e. The Bertz CT molecular complexity index is 822. The van der Waals surface area contributed by atoms with E-state index in [0.29, 0.717) is 0 Å². The van der Waals surface area contributed by atoms with Gasteiger partial charge in [0.2, 0.25) is 0 Å². The molecule has 166 valence electrons. The van der Waals surface area contributed by atoms with E-state index < -0.39 is 36.2 Å². The van der Waals surface area contributed by atoms with Gasteiger partial charge in [0.25, 0.3) is 0 Å². The molecule has 0 saturated carbocycles. The zero-order valence-corrected chi connectivity index (χ0v) is 15.3. The summed E-state index contributed by atoms with van der Waals surface area (Å²) in [6, 6.07) is 6.00. The molecule has 1 N–H and O–H groups in total. The molecule has 0 saturated heterocycles. The Balaban J connectivity index is 2.10. The van der Waals surface area contributed by atoms with E-state index in [0.717, 1.165) is 24.3 Å². The van der Waals surface area contributed by atoms with Crippen molar-refractivity contribution in [2.45, 2.75) is 37.8 Å². The molecule has 2 aromatic rings. The first-order valence-electron chi connectivity index (χ1n) is 8.79. The van der Waals surface area contributed by atoms with E-state index in [9.17, 15) is 39.5 Å². The van der Waals surface area contributed by atoms with Gasteiger partial charge in [0, 0.05) is 12.0 Å². The Morgan fingerprint density at radius 2 is 1.37 bits per heavy atom. The molecule has 0 fully saturated rings. The second-order valence-electron chi connectivity index (χ2n) is 6.50. The molecule has 0 aliphatic rings. The van der Waals surface area contributed by atoms with Crippen molar-refractivity contribution in [3.8, 4) is 11.3 Å². The van der Waals surface area contributed by atoms with Gasteiger partial charge in [-0.05, 0) is 49.7 Å². The van der Waals surface area contributed by atoms with E-state index in [-0.39, 0.29) is 42.8 Å². The van der Waals surface area contributed by atoms with Crippen molar-refractivity contribution in [3.63, 3.8) is 0 Å². The first-order chi connectivity index (χ1) is 13.8. The highest BCUT2D eigenvalue weighted by atomic mass is 19.4. The maximum atomic E-state index is 13.4. The summed E-state index contributed by atoms with van der Waals surface area (Å²) in [7, 11) is 0. The Morgan fingerprint density at radius 3 is 1.90 bits per heavy atom. The first kappa shape index (κ1) is 24.0. The summed E-state index contributed by atoms with van der Waals surface area (Å²) in [6.07, 6.45) is -15.0. The first-order valence-corrected chi connectivity index (χ1v) is 8.79. The van der Waals surface area contributed by atoms with Crippen LogP contribution in [0.5, 0.6) is 0 Å². The molecular formula is C19H17F9N2. The fraction of sp³-hybridized carbons (Fsp3) is 0.421. The number of rotatable bonds is 7. The lowest BCUT2D eigenvalue weighted by molar-refractivity contribution is -0.142. The third kappa shape index (κ3) is 7.19. The summed E-state index contributed by atoms with van der Waals surface area (Å²) in [4.78, 5) is 3.57. The van der Waals surface area contributed by atoms with Crippen LogP contribution in [0, 0.1) is 0 Å². The topological polar surface area (TPSA) is 24.9 Å². The van der Waals surface area contributed by atoms with Gasteiger partial charge in [-0.15, -0.1) is 0 Å². The van der Waals surface area contributed by atoms with Gasteiger partial charge in [-0.25, -0.2) is 4.98 Å². The minimum absolute atomic E-state index is 0.00206. The number of pyridine rings is 1. The Labute approximate surface area is 166 Å². The van der Waals surface area contributed by atoms with Gasteiger partial charge in [0.15, 0.2) is 0 Å². The molecule has 0 atom stereocenters. The van der Waals surface area contributed by atoms with Crippen molar-refractivity contribution >= 4 is 0 Å². The van der Waals surface area contributed by atoms with E-state index in [4.69, 9.17) is 0 Å². The van der Waals surface area contributed by atoms with Crippen molar-refractivity contribution in [2.75, 3.05) is 13.1 Å². The highest BCUT2D eigenvalue weighted by Gasteiger charge is 2.36. The second-order valence-corrected chi connectivity index (χ2v) is 6.50. The van der Waals surface area contributed by atoms with Crippen LogP contribution in [0.3, 0.4) is 0 Å². The van der Waals surface area contributed by atoms with E-state index in [2.05, 4.69) is 10.3 Å². The van der Waals surface area contributed by atoms with Crippen molar-refractivity contribution in [1.29, 1.82) is 0 Å². The molecule has 0 aliphatic carbocycles. The lowest BCUT2D eigenvalue weighted by atomic mass is 10.0. The van der Waals surface area contributed by atoms with Crippen LogP contribution in [0.1, 0.15) is 29.7 Å². The van der Waals surface area contributed by atoms with E-state index in [1.807, 2.05) is 0 Å². The molecule has 0 amide bonds. The van der Waals surface area contributed by atoms with Crippen LogP contribution in [0.4, 0.5) is 39.5 Å². The van der Waals surface area contributed by atoms with E-state index in [1.165, 1.54) is 12.1 Å². The third-order valence-corrected chi connectivity index (χ3v) is 4.14.